The normalized spacial score (nSPS) is 10.6. The van der Waals surface area contributed by atoms with Crippen LogP contribution in [0.25, 0.3) is 0 Å². The molecule has 0 unspecified atom stereocenters. The summed E-state index contributed by atoms with van der Waals surface area (Å²) in [6.07, 6.45) is 0. The second kappa shape index (κ2) is 6.80. The molecular weight excluding hydrogens is 291 g/mol. The van der Waals surface area contributed by atoms with Gasteiger partial charge >= 0.3 is 5.97 Å². The second-order valence-corrected chi connectivity index (χ2v) is 5.44. The number of carboxylic acids is 1. The molecule has 8 heteroatoms. The first-order valence-corrected chi connectivity index (χ1v) is 6.51. The number of carboxylic acid groups (broad SMARTS) is 1. The van der Waals surface area contributed by atoms with Gasteiger partial charge < -0.3 is 5.11 Å². The van der Waals surface area contributed by atoms with E-state index in [1.165, 1.54) is 12.1 Å². The van der Waals surface area contributed by atoms with E-state index >= 15 is 0 Å². The smallest absolute Gasteiger partial charge is 0.337 e. The third-order valence-electron chi connectivity index (χ3n) is 1.51. The molecule has 1 aromatic carbocycles. The van der Waals surface area contributed by atoms with Crippen LogP contribution in [0.3, 0.4) is 0 Å². The van der Waals surface area contributed by atoms with E-state index in [0.29, 0.717) is 0 Å². The summed E-state index contributed by atoms with van der Waals surface area (Å²) in [5, 5.41) is 7.73. The van der Waals surface area contributed by atoms with Gasteiger partial charge in [0, 0.05) is 0 Å². The average molecular weight is 301 g/mol. The summed E-state index contributed by atoms with van der Waals surface area (Å²) >= 11 is 9.56. The number of alkyl halides is 2. The Morgan fingerprint density at radius 3 is 1.82 bits per heavy atom. The number of rotatable bonds is 2. The van der Waals surface area contributed by atoms with Crippen molar-refractivity contribution in [1.82, 2.24) is 0 Å². The van der Waals surface area contributed by atoms with Gasteiger partial charge in [0.25, 0.3) is 10.1 Å². The molecule has 17 heavy (non-hydrogen) atoms. The highest BCUT2D eigenvalue weighted by atomic mass is 35.5. The first kappa shape index (κ1) is 16.2. The summed E-state index contributed by atoms with van der Waals surface area (Å²) < 4.78 is 29.6. The van der Waals surface area contributed by atoms with Crippen LogP contribution >= 0.6 is 23.2 Å². The topological polar surface area (TPSA) is 91.7 Å². The molecule has 1 rings (SSSR count). The molecule has 0 atom stereocenters. The predicted octanol–water partition coefficient (Wildman–Crippen LogP) is 2.12. The molecule has 5 nitrogen and oxygen atoms in total. The van der Waals surface area contributed by atoms with Crippen LogP contribution in [0, 0.1) is 6.92 Å². The molecule has 0 aliphatic carbocycles. The summed E-state index contributed by atoms with van der Waals surface area (Å²) in [6.45, 7) is 1.84. The van der Waals surface area contributed by atoms with Crippen molar-refractivity contribution in [2.45, 2.75) is 16.7 Å². The largest absolute Gasteiger partial charge is 0.479 e. The molecule has 0 saturated carbocycles. The molecule has 0 aliphatic heterocycles. The summed E-state index contributed by atoms with van der Waals surface area (Å²) in [6, 6.07) is 5.99. The van der Waals surface area contributed by atoms with Crippen molar-refractivity contribution in [3.8, 4) is 0 Å². The molecule has 0 saturated heterocycles. The minimum absolute atomic E-state index is 0.0666. The van der Waals surface area contributed by atoms with Crippen molar-refractivity contribution in [2.75, 3.05) is 0 Å². The number of aryl methyl sites for hydroxylation is 1. The fourth-order valence-corrected chi connectivity index (χ4v) is 1.19. The molecule has 0 heterocycles. The molecule has 0 aliphatic rings. The minimum atomic E-state index is -4.02. The first-order chi connectivity index (χ1) is 7.64. The highest BCUT2D eigenvalue weighted by Gasteiger charge is 2.07. The van der Waals surface area contributed by atoms with Crippen LogP contribution in [-0.2, 0) is 14.9 Å². The van der Waals surface area contributed by atoms with Gasteiger partial charge in [-0.25, -0.2) is 4.79 Å². The lowest BCUT2D eigenvalue weighted by Crippen LogP contribution is -2.03. The van der Waals surface area contributed by atoms with Crippen molar-refractivity contribution < 1.29 is 22.9 Å². The Balaban J connectivity index is 0.000000366. The van der Waals surface area contributed by atoms with Gasteiger partial charge in [-0.15, -0.1) is 0 Å². The quantitative estimate of drug-likeness (QED) is 0.645. The SMILES string of the molecule is Cc1ccc(S(=O)(=O)O)cc1.O=C(O)C(Cl)Cl. The number of carbonyl (C=O) groups is 1. The summed E-state index contributed by atoms with van der Waals surface area (Å²) in [7, 11) is -4.02. The fraction of sp³-hybridized carbons (Fsp3) is 0.222. The lowest BCUT2D eigenvalue weighted by molar-refractivity contribution is -0.135. The number of hydrogen-bond acceptors (Lipinski definition) is 3. The van der Waals surface area contributed by atoms with Crippen LogP contribution < -0.4 is 0 Å². The number of hydrogen-bond donors (Lipinski definition) is 2. The lowest BCUT2D eigenvalue weighted by atomic mass is 10.2. The van der Waals surface area contributed by atoms with E-state index < -0.39 is 20.9 Å². The lowest BCUT2D eigenvalue weighted by Gasteiger charge is -1.95. The molecule has 2 N–H and O–H groups in total. The van der Waals surface area contributed by atoms with Crippen LogP contribution in [0.4, 0.5) is 0 Å². The first-order valence-electron chi connectivity index (χ1n) is 4.19. The number of benzene rings is 1. The average Bonchev–Trinajstić information content (AvgIpc) is 2.17. The van der Waals surface area contributed by atoms with E-state index in [2.05, 4.69) is 0 Å². The third kappa shape index (κ3) is 7.17. The Morgan fingerprint density at radius 2 is 1.59 bits per heavy atom. The number of halogens is 2. The Labute approximate surface area is 109 Å². The molecular formula is C9H10Cl2O5S. The summed E-state index contributed by atoms with van der Waals surface area (Å²) in [5.74, 6) is -1.21. The van der Waals surface area contributed by atoms with Crippen molar-refractivity contribution in [3.63, 3.8) is 0 Å². The Kier molecular flexibility index (Phi) is 6.48. The van der Waals surface area contributed by atoms with Crippen LogP contribution in [0.1, 0.15) is 5.56 Å². The van der Waals surface area contributed by atoms with Crippen molar-refractivity contribution in [3.05, 3.63) is 29.8 Å². The zero-order valence-electron chi connectivity index (χ0n) is 8.67. The van der Waals surface area contributed by atoms with E-state index in [0.717, 1.165) is 5.56 Å². The summed E-state index contributed by atoms with van der Waals surface area (Å²) in [5.41, 5.74) is 0.956. The molecule has 1 aromatic rings. The van der Waals surface area contributed by atoms with Crippen LogP contribution in [0.2, 0.25) is 0 Å². The van der Waals surface area contributed by atoms with Gasteiger partial charge in [-0.05, 0) is 19.1 Å². The maximum absolute atomic E-state index is 10.5. The standard InChI is InChI=1S/C7H8O3S.C2H2Cl2O2/c1-6-2-4-7(5-3-6)11(8,9)10;3-1(4)2(5)6/h2-5H,1H3,(H,8,9,10);1H,(H,5,6). The van der Waals surface area contributed by atoms with E-state index in [1.807, 2.05) is 6.92 Å². The molecule has 0 radical (unpaired) electrons. The Hall–Kier alpha value is -0.820. The molecule has 0 spiro atoms. The highest BCUT2D eigenvalue weighted by molar-refractivity contribution is 7.85. The molecule has 96 valence electrons. The molecule has 0 aromatic heterocycles. The minimum Gasteiger partial charge on any atom is -0.479 e. The molecule has 0 bridgehead atoms. The zero-order chi connectivity index (χ0) is 13.6. The number of aliphatic carboxylic acids is 1. The molecule has 0 amide bonds. The second-order valence-electron chi connectivity index (χ2n) is 2.93. The van der Waals surface area contributed by atoms with Crippen molar-refractivity contribution in [2.24, 2.45) is 0 Å². The summed E-state index contributed by atoms with van der Waals surface area (Å²) in [4.78, 5) is 8.08. The third-order valence-corrected chi connectivity index (χ3v) is 2.75. The van der Waals surface area contributed by atoms with E-state index in [4.69, 9.17) is 32.9 Å². The Bertz CT molecular complexity index is 467. The van der Waals surface area contributed by atoms with Gasteiger partial charge in [-0.3, -0.25) is 4.55 Å². The van der Waals surface area contributed by atoms with E-state index in [9.17, 15) is 13.2 Å². The van der Waals surface area contributed by atoms with Crippen molar-refractivity contribution in [1.29, 1.82) is 0 Å². The van der Waals surface area contributed by atoms with Gasteiger partial charge in [-0.1, -0.05) is 40.9 Å². The van der Waals surface area contributed by atoms with E-state index in [1.54, 1.807) is 12.1 Å². The maximum atomic E-state index is 10.5. The predicted molar refractivity (Wildman–Crippen MR) is 64.1 cm³/mol. The fourth-order valence-electron chi connectivity index (χ4n) is 0.710. The van der Waals surface area contributed by atoms with Crippen molar-refractivity contribution >= 4 is 39.3 Å². The van der Waals surface area contributed by atoms with E-state index in [-0.39, 0.29) is 4.90 Å². The van der Waals surface area contributed by atoms with Gasteiger partial charge in [0.15, 0.2) is 0 Å². The Morgan fingerprint density at radius 1 is 1.24 bits per heavy atom. The monoisotopic (exact) mass is 300 g/mol. The van der Waals surface area contributed by atoms with Crippen LogP contribution in [-0.4, -0.2) is 28.9 Å². The van der Waals surface area contributed by atoms with Gasteiger partial charge in [0.2, 0.25) is 4.84 Å². The van der Waals surface area contributed by atoms with Gasteiger partial charge in [-0.2, -0.15) is 8.42 Å². The van der Waals surface area contributed by atoms with Crippen LogP contribution in [0.15, 0.2) is 29.2 Å². The molecule has 0 fully saturated rings. The van der Waals surface area contributed by atoms with Gasteiger partial charge in [0.1, 0.15) is 0 Å². The van der Waals surface area contributed by atoms with Gasteiger partial charge in [0.05, 0.1) is 4.90 Å². The zero-order valence-corrected chi connectivity index (χ0v) is 11.0. The van der Waals surface area contributed by atoms with Crippen LogP contribution in [0.5, 0.6) is 0 Å². The maximum Gasteiger partial charge on any atom is 0.337 e. The highest BCUT2D eigenvalue weighted by Crippen LogP contribution is 2.08.